The molecule has 3 aromatic rings. The average Bonchev–Trinajstić information content (AvgIpc) is 2.66. The van der Waals surface area contributed by atoms with Gasteiger partial charge in [-0.3, -0.25) is 9.36 Å². The van der Waals surface area contributed by atoms with E-state index in [9.17, 15) is 22.8 Å². The third-order valence-corrected chi connectivity index (χ3v) is 4.00. The maximum atomic E-state index is 13.2. The number of para-hydroxylation sites is 1. The molecule has 6 nitrogen and oxygen atoms in total. The largest absolute Gasteiger partial charge is 0.464 e. The van der Waals surface area contributed by atoms with Gasteiger partial charge in [-0.1, -0.05) is 18.2 Å². The average molecular weight is 414 g/mol. The van der Waals surface area contributed by atoms with Crippen molar-refractivity contribution in [2.75, 3.05) is 7.11 Å². The third kappa shape index (κ3) is 3.58. The van der Waals surface area contributed by atoms with Crippen LogP contribution in [0.25, 0.3) is 16.7 Å². The predicted molar refractivity (Wildman–Crippen MR) is 98.8 cm³/mol. The first-order chi connectivity index (χ1) is 12.8. The molecule has 2 aromatic heterocycles. The lowest BCUT2D eigenvalue weighted by Crippen LogP contribution is -2.27. The molecule has 10 heteroatoms. The Balaban J connectivity index is 0.00000280. The lowest BCUT2D eigenvalue weighted by Gasteiger charge is -2.18. The van der Waals surface area contributed by atoms with E-state index in [-0.39, 0.29) is 41.2 Å². The molecule has 0 spiro atoms. The van der Waals surface area contributed by atoms with Crippen LogP contribution in [-0.4, -0.2) is 22.6 Å². The molecule has 0 fully saturated rings. The fourth-order valence-corrected chi connectivity index (χ4v) is 2.79. The Morgan fingerprint density at radius 1 is 1.18 bits per heavy atom. The van der Waals surface area contributed by atoms with Crippen molar-refractivity contribution in [1.82, 2.24) is 9.55 Å². The first kappa shape index (κ1) is 21.4. The molecule has 0 aliphatic heterocycles. The minimum atomic E-state index is -4.72. The lowest BCUT2D eigenvalue weighted by atomic mass is 10.1. The summed E-state index contributed by atoms with van der Waals surface area (Å²) in [5.41, 5.74) is 3.52. The van der Waals surface area contributed by atoms with Crippen molar-refractivity contribution in [3.63, 3.8) is 0 Å². The number of rotatable bonds is 3. The van der Waals surface area contributed by atoms with Gasteiger partial charge in [0, 0.05) is 17.8 Å². The summed E-state index contributed by atoms with van der Waals surface area (Å²) in [5.74, 6) is -0.905. The molecule has 0 bridgehead atoms. The highest BCUT2D eigenvalue weighted by molar-refractivity contribution is 5.94. The summed E-state index contributed by atoms with van der Waals surface area (Å²) in [5, 5.41) is -0.0834. The summed E-state index contributed by atoms with van der Waals surface area (Å²) in [6, 6.07) is 9.86. The number of hydrogen-bond donors (Lipinski definition) is 1. The second-order valence-corrected chi connectivity index (χ2v) is 5.59. The second kappa shape index (κ2) is 7.99. The van der Waals surface area contributed by atoms with E-state index >= 15 is 0 Å². The Bertz CT molecular complexity index is 1080. The van der Waals surface area contributed by atoms with E-state index in [0.717, 1.165) is 19.2 Å². The fraction of sp³-hybridized carbons (Fsp3) is 0.167. The number of carbonyl (C=O) groups is 1. The number of fused-ring (bicyclic) bond motifs is 1. The topological polar surface area (TPSA) is 87.2 Å². The highest BCUT2D eigenvalue weighted by Gasteiger charge is 2.34. The fourth-order valence-electron chi connectivity index (χ4n) is 2.79. The number of aromatic nitrogens is 2. The molecule has 0 atom stereocenters. The van der Waals surface area contributed by atoms with Crippen molar-refractivity contribution < 1.29 is 22.7 Å². The van der Waals surface area contributed by atoms with Crippen LogP contribution in [0.3, 0.4) is 0 Å². The highest BCUT2D eigenvalue weighted by atomic mass is 35.5. The monoisotopic (exact) mass is 413 g/mol. The SMILES string of the molecule is COC(=O)c1c(CN)c(=O)c2ccc(C(F)(F)F)nc2n1-c1ccccc1.Cl. The van der Waals surface area contributed by atoms with E-state index in [0.29, 0.717) is 5.69 Å². The number of pyridine rings is 2. The summed E-state index contributed by atoms with van der Waals surface area (Å²) in [4.78, 5) is 28.7. The van der Waals surface area contributed by atoms with Crippen LogP contribution in [0, 0.1) is 0 Å². The van der Waals surface area contributed by atoms with Crippen molar-refractivity contribution in [3.8, 4) is 5.69 Å². The van der Waals surface area contributed by atoms with Crippen LogP contribution in [0.5, 0.6) is 0 Å². The van der Waals surface area contributed by atoms with Crippen LogP contribution < -0.4 is 11.2 Å². The van der Waals surface area contributed by atoms with Gasteiger partial charge in [-0.05, 0) is 24.3 Å². The molecular formula is C18H15ClF3N3O3. The quantitative estimate of drug-likeness (QED) is 0.667. The molecule has 0 aliphatic carbocycles. The lowest BCUT2D eigenvalue weighted by molar-refractivity contribution is -0.141. The normalized spacial score (nSPS) is 11.2. The molecule has 148 valence electrons. The van der Waals surface area contributed by atoms with Gasteiger partial charge in [0.05, 0.1) is 12.5 Å². The zero-order valence-electron chi connectivity index (χ0n) is 14.5. The zero-order valence-corrected chi connectivity index (χ0v) is 15.3. The highest BCUT2D eigenvalue weighted by Crippen LogP contribution is 2.30. The number of hydrogen-bond acceptors (Lipinski definition) is 5. The number of benzene rings is 1. The number of carbonyl (C=O) groups excluding carboxylic acids is 1. The molecule has 2 heterocycles. The van der Waals surface area contributed by atoms with Gasteiger partial charge >= 0.3 is 12.1 Å². The zero-order chi connectivity index (χ0) is 19.8. The molecular weight excluding hydrogens is 399 g/mol. The summed E-state index contributed by atoms with van der Waals surface area (Å²) in [7, 11) is 1.10. The van der Waals surface area contributed by atoms with Crippen LogP contribution >= 0.6 is 12.4 Å². The number of alkyl halides is 3. The summed E-state index contributed by atoms with van der Waals surface area (Å²) < 4.78 is 45.4. The molecule has 2 N–H and O–H groups in total. The van der Waals surface area contributed by atoms with E-state index in [2.05, 4.69) is 4.98 Å². The number of nitrogens with zero attached hydrogens (tertiary/aromatic N) is 2. The molecule has 28 heavy (non-hydrogen) atoms. The van der Waals surface area contributed by atoms with E-state index in [4.69, 9.17) is 10.5 Å². The van der Waals surface area contributed by atoms with Crippen molar-refractivity contribution in [1.29, 1.82) is 0 Å². The van der Waals surface area contributed by atoms with E-state index in [1.54, 1.807) is 30.3 Å². The molecule has 0 saturated heterocycles. The smallest absolute Gasteiger partial charge is 0.433 e. The Morgan fingerprint density at radius 2 is 1.82 bits per heavy atom. The Morgan fingerprint density at radius 3 is 2.36 bits per heavy atom. The van der Waals surface area contributed by atoms with Gasteiger partial charge in [0.25, 0.3) is 0 Å². The first-order valence-electron chi connectivity index (χ1n) is 7.79. The minimum Gasteiger partial charge on any atom is -0.464 e. The van der Waals surface area contributed by atoms with Crippen molar-refractivity contribution in [2.45, 2.75) is 12.7 Å². The first-order valence-corrected chi connectivity index (χ1v) is 7.79. The maximum absolute atomic E-state index is 13.2. The standard InChI is InChI=1S/C18H14F3N3O3.ClH/c1-27-17(26)14-12(9-22)15(25)11-7-8-13(18(19,20)21)23-16(11)24(14)10-5-3-2-4-6-10;/h2-8H,9,22H2,1H3;1H. The van der Waals surface area contributed by atoms with Crippen molar-refractivity contribution in [2.24, 2.45) is 5.73 Å². The molecule has 0 aliphatic rings. The van der Waals surface area contributed by atoms with E-state index in [1.807, 2.05) is 0 Å². The second-order valence-electron chi connectivity index (χ2n) is 5.59. The van der Waals surface area contributed by atoms with Gasteiger partial charge in [-0.25, -0.2) is 9.78 Å². The number of esters is 1. The molecule has 0 amide bonds. The van der Waals surface area contributed by atoms with Gasteiger partial charge in [0.2, 0.25) is 0 Å². The number of halogens is 4. The number of ether oxygens (including phenoxy) is 1. The molecule has 3 rings (SSSR count). The molecule has 0 saturated carbocycles. The van der Waals surface area contributed by atoms with E-state index in [1.165, 1.54) is 4.57 Å². The summed E-state index contributed by atoms with van der Waals surface area (Å²) in [6.07, 6.45) is -4.72. The van der Waals surface area contributed by atoms with Gasteiger partial charge in [-0.2, -0.15) is 13.2 Å². The third-order valence-electron chi connectivity index (χ3n) is 4.00. The molecule has 0 radical (unpaired) electrons. The van der Waals surface area contributed by atoms with Crippen LogP contribution in [-0.2, 0) is 17.5 Å². The molecule has 1 aromatic carbocycles. The Hall–Kier alpha value is -2.91. The maximum Gasteiger partial charge on any atom is 0.433 e. The minimum absolute atomic E-state index is 0. The summed E-state index contributed by atoms with van der Waals surface area (Å²) >= 11 is 0. The van der Waals surface area contributed by atoms with Crippen molar-refractivity contribution in [3.05, 3.63) is 69.6 Å². The van der Waals surface area contributed by atoms with E-state index < -0.39 is 23.3 Å². The van der Waals surface area contributed by atoms with Gasteiger partial charge in [0.1, 0.15) is 17.0 Å². The number of nitrogens with two attached hydrogens (primary N) is 1. The van der Waals surface area contributed by atoms with Gasteiger partial charge in [-0.15, -0.1) is 12.4 Å². The Labute approximate surface area is 163 Å². The van der Waals surface area contributed by atoms with Crippen LogP contribution in [0.4, 0.5) is 13.2 Å². The van der Waals surface area contributed by atoms with Crippen LogP contribution in [0.1, 0.15) is 21.7 Å². The van der Waals surface area contributed by atoms with Crippen LogP contribution in [0.2, 0.25) is 0 Å². The number of methoxy groups -OCH3 is 1. The van der Waals surface area contributed by atoms with Gasteiger partial charge < -0.3 is 10.5 Å². The van der Waals surface area contributed by atoms with Crippen molar-refractivity contribution >= 4 is 29.4 Å². The molecule has 0 unspecified atom stereocenters. The van der Waals surface area contributed by atoms with Crippen LogP contribution in [0.15, 0.2) is 47.3 Å². The Kier molecular flexibility index (Phi) is 6.10. The predicted octanol–water partition coefficient (Wildman–Crippen LogP) is 3.07. The van der Waals surface area contributed by atoms with Gasteiger partial charge in [0.15, 0.2) is 5.43 Å². The summed E-state index contributed by atoms with van der Waals surface area (Å²) in [6.45, 7) is -0.299.